The van der Waals surface area contributed by atoms with Gasteiger partial charge in [0.2, 0.25) is 0 Å². The van der Waals surface area contributed by atoms with Crippen molar-refractivity contribution in [3.05, 3.63) is 101 Å². The van der Waals surface area contributed by atoms with Crippen LogP contribution in [0.1, 0.15) is 28.7 Å². The van der Waals surface area contributed by atoms with E-state index in [-0.39, 0.29) is 18.4 Å². The van der Waals surface area contributed by atoms with Gasteiger partial charge < -0.3 is 20.5 Å². The Balaban J connectivity index is 1.52. The Bertz CT molecular complexity index is 1110. The number of aliphatic carboxylic acids is 1. The van der Waals surface area contributed by atoms with Gasteiger partial charge in [-0.25, -0.2) is 4.79 Å². The molecule has 3 aromatic carbocycles. The van der Waals surface area contributed by atoms with Crippen LogP contribution in [-0.2, 0) is 28.0 Å². The minimum Gasteiger partial charge on any atom is -0.482 e. The summed E-state index contributed by atoms with van der Waals surface area (Å²) in [5.74, 6) is -0.230. The van der Waals surface area contributed by atoms with Crippen LogP contribution < -0.4 is 10.5 Å². The van der Waals surface area contributed by atoms with Crippen molar-refractivity contribution in [1.82, 2.24) is 4.90 Å². The molecule has 1 amide bonds. The van der Waals surface area contributed by atoms with Crippen molar-refractivity contribution in [3.63, 3.8) is 0 Å². The zero-order chi connectivity index (χ0) is 24.1. The average molecular weight is 459 g/mol. The first-order chi connectivity index (χ1) is 16.4. The Kier molecular flexibility index (Phi) is 6.98. The van der Waals surface area contributed by atoms with E-state index in [2.05, 4.69) is 6.07 Å². The van der Waals surface area contributed by atoms with E-state index in [9.17, 15) is 9.59 Å². The summed E-state index contributed by atoms with van der Waals surface area (Å²) >= 11 is 0. The Hall–Kier alpha value is -3.64. The Morgan fingerprint density at radius 1 is 1.00 bits per heavy atom. The van der Waals surface area contributed by atoms with Gasteiger partial charge in [-0.1, -0.05) is 72.8 Å². The lowest BCUT2D eigenvalue weighted by molar-refractivity contribution is -0.139. The summed E-state index contributed by atoms with van der Waals surface area (Å²) in [6.45, 7) is 0.228. The van der Waals surface area contributed by atoms with Crippen LogP contribution in [0.3, 0.4) is 0 Å². The maximum absolute atomic E-state index is 13.8. The van der Waals surface area contributed by atoms with E-state index < -0.39 is 11.5 Å². The Morgan fingerprint density at radius 3 is 2.21 bits per heavy atom. The van der Waals surface area contributed by atoms with Crippen LogP contribution in [0.15, 0.2) is 78.9 Å². The van der Waals surface area contributed by atoms with Gasteiger partial charge in [0, 0.05) is 13.6 Å². The number of fused-ring (bicyclic) bond motifs is 1. The number of carbonyl (C=O) groups excluding carboxylic acids is 1. The maximum Gasteiger partial charge on any atom is 0.341 e. The molecule has 0 fully saturated rings. The van der Waals surface area contributed by atoms with Gasteiger partial charge in [-0.15, -0.1) is 0 Å². The second-order valence-corrected chi connectivity index (χ2v) is 8.91. The van der Waals surface area contributed by atoms with Gasteiger partial charge >= 0.3 is 5.97 Å². The quantitative estimate of drug-likeness (QED) is 0.538. The molecule has 0 heterocycles. The molecule has 0 saturated heterocycles. The van der Waals surface area contributed by atoms with Crippen LogP contribution in [0.4, 0.5) is 0 Å². The number of hydrogen-bond acceptors (Lipinski definition) is 4. The van der Waals surface area contributed by atoms with E-state index >= 15 is 0 Å². The third kappa shape index (κ3) is 4.82. The fourth-order valence-electron chi connectivity index (χ4n) is 4.87. The Labute approximate surface area is 200 Å². The monoisotopic (exact) mass is 458 g/mol. The third-order valence-electron chi connectivity index (χ3n) is 6.57. The molecular formula is C28H30N2O4. The first-order valence-corrected chi connectivity index (χ1v) is 11.5. The van der Waals surface area contributed by atoms with Crippen LogP contribution in [0.2, 0.25) is 0 Å². The molecule has 6 nitrogen and oxygen atoms in total. The van der Waals surface area contributed by atoms with Gasteiger partial charge in [-0.2, -0.15) is 0 Å². The van der Waals surface area contributed by atoms with Crippen molar-refractivity contribution in [1.29, 1.82) is 0 Å². The second-order valence-electron chi connectivity index (χ2n) is 8.91. The summed E-state index contributed by atoms with van der Waals surface area (Å²) in [6, 6.07) is 24.8. The van der Waals surface area contributed by atoms with E-state index in [1.165, 1.54) is 0 Å². The summed E-state index contributed by atoms with van der Waals surface area (Å²) in [4.78, 5) is 26.5. The van der Waals surface area contributed by atoms with Crippen molar-refractivity contribution in [3.8, 4) is 5.75 Å². The average Bonchev–Trinajstić information content (AvgIpc) is 2.87. The molecule has 0 bridgehead atoms. The molecule has 1 unspecified atom stereocenters. The highest BCUT2D eigenvalue weighted by atomic mass is 16.5. The number of carboxylic acid groups (broad SMARTS) is 1. The minimum absolute atomic E-state index is 0.144. The summed E-state index contributed by atoms with van der Waals surface area (Å²) in [7, 11) is 1.82. The van der Waals surface area contributed by atoms with E-state index in [0.717, 1.165) is 41.5 Å². The van der Waals surface area contributed by atoms with Crippen molar-refractivity contribution in [2.75, 3.05) is 20.2 Å². The van der Waals surface area contributed by atoms with Gasteiger partial charge in [-0.05, 0) is 53.5 Å². The van der Waals surface area contributed by atoms with Crippen molar-refractivity contribution >= 4 is 11.9 Å². The topological polar surface area (TPSA) is 92.9 Å². The molecule has 0 aromatic heterocycles. The molecule has 1 aliphatic rings. The second kappa shape index (κ2) is 10.1. The minimum atomic E-state index is -1.28. The zero-order valence-electron chi connectivity index (χ0n) is 19.3. The lowest BCUT2D eigenvalue weighted by atomic mass is 9.81. The van der Waals surface area contributed by atoms with E-state index in [1.54, 1.807) is 4.90 Å². The highest BCUT2D eigenvalue weighted by molar-refractivity contribution is 5.91. The number of nitrogens with zero attached hydrogens (tertiary/aromatic N) is 1. The van der Waals surface area contributed by atoms with Gasteiger partial charge in [0.15, 0.2) is 6.61 Å². The number of ether oxygens (including phenoxy) is 1. The SMILES string of the molecule is CN(CC1CCc2c(cccc2OCC(=O)O)C1)C(=O)C(N)(c1ccccc1)c1ccccc1. The smallest absolute Gasteiger partial charge is 0.341 e. The normalized spacial score (nSPS) is 15.3. The first kappa shape index (κ1) is 23.5. The molecule has 0 radical (unpaired) electrons. The summed E-state index contributed by atoms with van der Waals surface area (Å²) < 4.78 is 5.48. The molecule has 4 rings (SSSR count). The van der Waals surface area contributed by atoms with Crippen LogP contribution in [-0.4, -0.2) is 42.1 Å². The molecule has 176 valence electrons. The number of benzene rings is 3. The number of carboxylic acids is 1. The molecule has 0 spiro atoms. The molecule has 3 aromatic rings. The number of likely N-dealkylation sites (N-methyl/N-ethyl adjacent to an activating group) is 1. The molecule has 0 saturated carbocycles. The number of amides is 1. The first-order valence-electron chi connectivity index (χ1n) is 11.5. The lowest BCUT2D eigenvalue weighted by Crippen LogP contribution is -2.53. The molecule has 1 atom stereocenters. The molecule has 1 aliphatic carbocycles. The van der Waals surface area contributed by atoms with Crippen LogP contribution in [0.25, 0.3) is 0 Å². The zero-order valence-corrected chi connectivity index (χ0v) is 19.3. The Morgan fingerprint density at radius 2 is 1.62 bits per heavy atom. The van der Waals surface area contributed by atoms with E-state index in [0.29, 0.717) is 12.3 Å². The lowest BCUT2D eigenvalue weighted by Gasteiger charge is -2.36. The highest BCUT2D eigenvalue weighted by Crippen LogP contribution is 2.34. The predicted molar refractivity (Wildman–Crippen MR) is 131 cm³/mol. The fraction of sp³-hybridized carbons (Fsp3) is 0.286. The van der Waals surface area contributed by atoms with Crippen molar-refractivity contribution in [2.24, 2.45) is 11.7 Å². The number of hydrogen-bond donors (Lipinski definition) is 2. The third-order valence-corrected chi connectivity index (χ3v) is 6.57. The molecule has 6 heteroatoms. The van der Waals surface area contributed by atoms with Crippen molar-refractivity contribution < 1.29 is 19.4 Å². The summed E-state index contributed by atoms with van der Waals surface area (Å²) in [5.41, 5.74) is 9.34. The van der Waals surface area contributed by atoms with E-state index in [4.69, 9.17) is 15.6 Å². The van der Waals surface area contributed by atoms with Gasteiger partial charge in [0.05, 0.1) is 0 Å². The molecular weight excluding hydrogens is 428 g/mol. The van der Waals surface area contributed by atoms with Crippen LogP contribution in [0, 0.1) is 5.92 Å². The number of nitrogens with two attached hydrogens (primary N) is 1. The summed E-state index contributed by atoms with van der Waals surface area (Å²) in [6.07, 6.45) is 2.46. The highest BCUT2D eigenvalue weighted by Gasteiger charge is 2.40. The van der Waals surface area contributed by atoms with Crippen LogP contribution in [0.5, 0.6) is 5.75 Å². The molecule has 0 aliphatic heterocycles. The maximum atomic E-state index is 13.8. The van der Waals surface area contributed by atoms with Crippen molar-refractivity contribution in [2.45, 2.75) is 24.8 Å². The fourth-order valence-corrected chi connectivity index (χ4v) is 4.87. The number of rotatable bonds is 8. The van der Waals surface area contributed by atoms with E-state index in [1.807, 2.05) is 79.8 Å². The van der Waals surface area contributed by atoms with Crippen LogP contribution >= 0.6 is 0 Å². The standard InChI is InChI=1S/C28H30N2O4/c1-30(18-20-15-16-24-21(17-20)9-8-14-25(24)34-19-26(31)32)27(33)28(29,22-10-4-2-5-11-22)23-12-6-3-7-13-23/h2-14,20H,15-19,29H2,1H3,(H,31,32). The predicted octanol–water partition coefficient (Wildman–Crippen LogP) is 3.62. The summed E-state index contributed by atoms with van der Waals surface area (Å²) in [5, 5.41) is 8.93. The molecule has 3 N–H and O–H groups in total. The van der Waals surface area contributed by atoms with Gasteiger partial charge in [0.25, 0.3) is 5.91 Å². The number of carbonyl (C=O) groups is 2. The van der Waals surface area contributed by atoms with Gasteiger partial charge in [0.1, 0.15) is 11.3 Å². The van der Waals surface area contributed by atoms with Gasteiger partial charge in [-0.3, -0.25) is 4.79 Å². The largest absolute Gasteiger partial charge is 0.482 e. The molecule has 34 heavy (non-hydrogen) atoms.